The lowest BCUT2D eigenvalue weighted by Gasteiger charge is -2.24. The van der Waals surface area contributed by atoms with Crippen LogP contribution in [-0.2, 0) is 9.53 Å². The lowest BCUT2D eigenvalue weighted by molar-refractivity contribution is -0.159. The summed E-state index contributed by atoms with van der Waals surface area (Å²) in [6.07, 6.45) is 0.238. The Hall–Kier alpha value is -1.66. The van der Waals surface area contributed by atoms with Gasteiger partial charge in [0.25, 0.3) is 0 Å². The second kappa shape index (κ2) is 5.99. The van der Waals surface area contributed by atoms with E-state index in [1.165, 1.54) is 13.3 Å². The fourth-order valence-corrected chi connectivity index (χ4v) is 1.39. The number of rotatable bonds is 4. The molecule has 0 spiro atoms. The Labute approximate surface area is 112 Å². The maximum absolute atomic E-state index is 11.7. The van der Waals surface area contributed by atoms with Gasteiger partial charge in [0, 0.05) is 17.8 Å². The van der Waals surface area contributed by atoms with Crippen molar-refractivity contribution in [3.8, 4) is 5.88 Å². The molecule has 0 unspecified atom stereocenters. The minimum atomic E-state index is -1.17. The number of aliphatic hydroxyl groups excluding tert-OH is 1. The standard InChI is InChI=1S/C13H20N2O4/c1-13(2,3)19-12(17)10(14)11(16)8-5-6-9(18-4)15-7-8/h5-7,10-11,16H,14H2,1-4H3/t10-,11+/m0/s1. The van der Waals surface area contributed by atoms with E-state index in [-0.39, 0.29) is 0 Å². The summed E-state index contributed by atoms with van der Waals surface area (Å²) in [4.78, 5) is 15.7. The predicted octanol–water partition coefficient (Wildman–Crippen LogP) is 0.793. The van der Waals surface area contributed by atoms with E-state index >= 15 is 0 Å². The van der Waals surface area contributed by atoms with Crippen LogP contribution in [0.25, 0.3) is 0 Å². The highest BCUT2D eigenvalue weighted by atomic mass is 16.6. The van der Waals surface area contributed by atoms with Crippen molar-refractivity contribution in [3.05, 3.63) is 23.9 Å². The zero-order chi connectivity index (χ0) is 14.6. The number of pyridine rings is 1. The van der Waals surface area contributed by atoms with Crippen molar-refractivity contribution in [3.63, 3.8) is 0 Å². The molecule has 1 aromatic rings. The number of nitrogens with zero attached hydrogens (tertiary/aromatic N) is 1. The minimum Gasteiger partial charge on any atom is -0.481 e. The molecule has 0 aromatic carbocycles. The van der Waals surface area contributed by atoms with Crippen LogP contribution in [0.4, 0.5) is 0 Å². The number of aromatic nitrogens is 1. The number of ether oxygens (including phenoxy) is 2. The summed E-state index contributed by atoms with van der Waals surface area (Å²) in [5.74, 6) is -0.238. The molecule has 0 aliphatic rings. The molecule has 0 saturated carbocycles. The van der Waals surface area contributed by atoms with E-state index in [1.54, 1.807) is 32.9 Å². The average Bonchev–Trinajstić information content (AvgIpc) is 2.35. The van der Waals surface area contributed by atoms with Crippen LogP contribution in [-0.4, -0.2) is 34.8 Å². The monoisotopic (exact) mass is 268 g/mol. The molecule has 6 heteroatoms. The van der Waals surface area contributed by atoms with Crippen LogP contribution in [0.2, 0.25) is 0 Å². The Kier molecular flexibility index (Phi) is 4.85. The molecule has 6 nitrogen and oxygen atoms in total. The molecule has 3 N–H and O–H groups in total. The topological polar surface area (TPSA) is 94.7 Å². The molecular weight excluding hydrogens is 248 g/mol. The third-order valence-electron chi connectivity index (χ3n) is 2.33. The minimum absolute atomic E-state index is 0.418. The van der Waals surface area contributed by atoms with E-state index in [1.807, 2.05) is 0 Å². The number of hydrogen-bond donors (Lipinski definition) is 2. The Balaban J connectivity index is 2.75. The van der Waals surface area contributed by atoms with Crippen molar-refractivity contribution >= 4 is 5.97 Å². The Morgan fingerprint density at radius 3 is 2.47 bits per heavy atom. The molecule has 0 aliphatic carbocycles. The molecule has 106 valence electrons. The van der Waals surface area contributed by atoms with Gasteiger partial charge in [-0.25, -0.2) is 4.98 Å². The van der Waals surface area contributed by atoms with Gasteiger partial charge in [-0.2, -0.15) is 0 Å². The molecule has 1 aromatic heterocycles. The summed E-state index contributed by atoms with van der Waals surface area (Å²) in [6.45, 7) is 5.21. The van der Waals surface area contributed by atoms with Gasteiger partial charge in [-0.1, -0.05) is 0 Å². The van der Waals surface area contributed by atoms with E-state index in [4.69, 9.17) is 15.2 Å². The van der Waals surface area contributed by atoms with Crippen LogP contribution in [0.15, 0.2) is 18.3 Å². The van der Waals surface area contributed by atoms with Gasteiger partial charge in [-0.05, 0) is 26.8 Å². The molecule has 0 bridgehead atoms. The van der Waals surface area contributed by atoms with Crippen LogP contribution < -0.4 is 10.5 Å². The molecule has 2 atom stereocenters. The third kappa shape index (κ3) is 4.50. The lowest BCUT2D eigenvalue weighted by Crippen LogP contribution is -2.41. The third-order valence-corrected chi connectivity index (χ3v) is 2.33. The van der Waals surface area contributed by atoms with Gasteiger partial charge >= 0.3 is 5.97 Å². The maximum Gasteiger partial charge on any atom is 0.326 e. The van der Waals surface area contributed by atoms with E-state index in [9.17, 15) is 9.90 Å². The number of nitrogens with two attached hydrogens (primary N) is 1. The van der Waals surface area contributed by atoms with Crippen LogP contribution in [0.1, 0.15) is 32.4 Å². The quantitative estimate of drug-likeness (QED) is 0.784. The molecule has 0 saturated heterocycles. The molecule has 0 amide bonds. The number of carbonyl (C=O) groups excluding carboxylic acids is 1. The van der Waals surface area contributed by atoms with Crippen molar-refractivity contribution in [2.75, 3.05) is 7.11 Å². The number of esters is 1. The van der Waals surface area contributed by atoms with Crippen molar-refractivity contribution in [2.45, 2.75) is 38.5 Å². The number of methoxy groups -OCH3 is 1. The van der Waals surface area contributed by atoms with Gasteiger partial charge < -0.3 is 20.3 Å². The summed E-state index contributed by atoms with van der Waals surface area (Å²) < 4.78 is 10.0. The first-order valence-corrected chi connectivity index (χ1v) is 5.91. The fraction of sp³-hybridized carbons (Fsp3) is 0.538. The normalized spacial score (nSPS) is 14.6. The number of carbonyl (C=O) groups is 1. The van der Waals surface area contributed by atoms with Crippen LogP contribution in [0.3, 0.4) is 0 Å². The molecule has 1 rings (SSSR count). The van der Waals surface area contributed by atoms with Gasteiger partial charge in [0.1, 0.15) is 17.7 Å². The fourth-order valence-electron chi connectivity index (χ4n) is 1.39. The van der Waals surface area contributed by atoms with Crippen LogP contribution in [0, 0.1) is 0 Å². The first-order chi connectivity index (χ1) is 8.74. The first kappa shape index (κ1) is 15.4. The van der Waals surface area contributed by atoms with Crippen molar-refractivity contribution < 1.29 is 19.4 Å². The van der Waals surface area contributed by atoms with Gasteiger partial charge in [0.15, 0.2) is 0 Å². The number of hydrogen-bond acceptors (Lipinski definition) is 6. The highest BCUT2D eigenvalue weighted by Crippen LogP contribution is 2.19. The smallest absolute Gasteiger partial charge is 0.326 e. The molecular formula is C13H20N2O4. The second-order valence-electron chi connectivity index (χ2n) is 5.14. The average molecular weight is 268 g/mol. The summed E-state index contributed by atoms with van der Waals surface area (Å²) in [6, 6.07) is 2.02. The Morgan fingerprint density at radius 2 is 2.05 bits per heavy atom. The zero-order valence-electron chi connectivity index (χ0n) is 11.6. The highest BCUT2D eigenvalue weighted by molar-refractivity contribution is 5.77. The Bertz CT molecular complexity index is 425. The van der Waals surface area contributed by atoms with Crippen molar-refractivity contribution in [1.82, 2.24) is 4.98 Å². The molecule has 0 fully saturated rings. The predicted molar refractivity (Wildman–Crippen MR) is 69.6 cm³/mol. The molecule has 1 heterocycles. The summed E-state index contributed by atoms with van der Waals surface area (Å²) in [5.41, 5.74) is 5.47. The molecule has 19 heavy (non-hydrogen) atoms. The zero-order valence-corrected chi connectivity index (χ0v) is 11.6. The SMILES string of the molecule is COc1ccc([C@@H](O)[C@H](N)C(=O)OC(C)(C)C)cn1. The van der Waals surface area contributed by atoms with Crippen LogP contribution in [0.5, 0.6) is 5.88 Å². The summed E-state index contributed by atoms with van der Waals surface area (Å²) >= 11 is 0. The molecule has 0 radical (unpaired) electrons. The van der Waals surface area contributed by atoms with E-state index in [2.05, 4.69) is 4.98 Å². The van der Waals surface area contributed by atoms with Gasteiger partial charge in [-0.15, -0.1) is 0 Å². The van der Waals surface area contributed by atoms with Crippen LogP contribution >= 0.6 is 0 Å². The Morgan fingerprint density at radius 1 is 1.42 bits per heavy atom. The summed E-state index contributed by atoms with van der Waals surface area (Å²) in [7, 11) is 1.49. The lowest BCUT2D eigenvalue weighted by atomic mass is 10.0. The molecule has 0 aliphatic heterocycles. The van der Waals surface area contributed by atoms with E-state index < -0.39 is 23.7 Å². The van der Waals surface area contributed by atoms with Gasteiger partial charge in [-0.3, -0.25) is 4.79 Å². The highest BCUT2D eigenvalue weighted by Gasteiger charge is 2.29. The van der Waals surface area contributed by atoms with Crippen molar-refractivity contribution in [1.29, 1.82) is 0 Å². The van der Waals surface area contributed by atoms with E-state index in [0.29, 0.717) is 11.4 Å². The maximum atomic E-state index is 11.7. The summed E-state index contributed by atoms with van der Waals surface area (Å²) in [5, 5.41) is 10.0. The van der Waals surface area contributed by atoms with Crippen molar-refractivity contribution in [2.24, 2.45) is 5.73 Å². The second-order valence-corrected chi connectivity index (χ2v) is 5.14. The number of aliphatic hydroxyl groups is 1. The van der Waals surface area contributed by atoms with Gasteiger partial charge in [0.05, 0.1) is 7.11 Å². The largest absolute Gasteiger partial charge is 0.481 e. The van der Waals surface area contributed by atoms with Gasteiger partial charge in [0.2, 0.25) is 5.88 Å². The van der Waals surface area contributed by atoms with E-state index in [0.717, 1.165) is 0 Å². The first-order valence-electron chi connectivity index (χ1n) is 5.91.